The summed E-state index contributed by atoms with van der Waals surface area (Å²) < 4.78 is 9.95. The Balaban J connectivity index is 2.23. The van der Waals surface area contributed by atoms with Crippen LogP contribution >= 0.6 is 0 Å². The second-order valence-electron chi connectivity index (χ2n) is 3.41. The molecule has 0 N–H and O–H groups in total. The first-order chi connectivity index (χ1) is 6.72. The number of nitrogens with zero attached hydrogens (tertiary/aromatic N) is 1. The van der Waals surface area contributed by atoms with Crippen molar-refractivity contribution < 1.29 is 14.3 Å². The monoisotopic (exact) mass is 199 g/mol. The maximum absolute atomic E-state index is 10.8. The largest absolute Gasteiger partial charge is 0.466 e. The van der Waals surface area contributed by atoms with Crippen LogP contribution in [0.25, 0.3) is 0 Å². The molecule has 80 valence electrons. The van der Waals surface area contributed by atoms with E-state index in [9.17, 15) is 4.79 Å². The fourth-order valence-electron chi connectivity index (χ4n) is 1.43. The normalized spacial score (nSPS) is 21.4. The predicted octanol–water partition coefficient (Wildman–Crippen LogP) is 0.784. The minimum Gasteiger partial charge on any atom is -0.466 e. The number of carbonyl (C=O) groups excluding carboxylic acids is 1. The smallest absolute Gasteiger partial charge is 0.331 e. The molecule has 0 aromatic heterocycles. The van der Waals surface area contributed by atoms with Gasteiger partial charge in [-0.1, -0.05) is 0 Å². The first-order valence-electron chi connectivity index (χ1n) is 4.80. The summed E-state index contributed by atoms with van der Waals surface area (Å²) in [4.78, 5) is 12.7. The third-order valence-corrected chi connectivity index (χ3v) is 2.18. The molecule has 4 nitrogen and oxygen atoms in total. The standard InChI is InChI=1S/C10H17NO3/c1-11(6-5-10(12)13-2)8-9-4-3-7-14-9/h5-6,9H,3-4,7-8H2,1-2H3. The fraction of sp³-hybridized carbons (Fsp3) is 0.700. The van der Waals surface area contributed by atoms with Crippen LogP contribution in [0.1, 0.15) is 12.8 Å². The van der Waals surface area contributed by atoms with Gasteiger partial charge in [-0.05, 0) is 12.8 Å². The zero-order valence-corrected chi connectivity index (χ0v) is 8.73. The van der Waals surface area contributed by atoms with Crippen LogP contribution in [0.5, 0.6) is 0 Å². The van der Waals surface area contributed by atoms with Gasteiger partial charge in [0.25, 0.3) is 0 Å². The zero-order chi connectivity index (χ0) is 10.4. The van der Waals surface area contributed by atoms with Crippen LogP contribution in [0.2, 0.25) is 0 Å². The van der Waals surface area contributed by atoms with Gasteiger partial charge in [0, 0.05) is 32.5 Å². The van der Waals surface area contributed by atoms with Crippen LogP contribution in [0, 0.1) is 0 Å². The molecule has 0 aliphatic carbocycles. The number of carbonyl (C=O) groups is 1. The lowest BCUT2D eigenvalue weighted by molar-refractivity contribution is -0.134. The molecule has 0 radical (unpaired) electrons. The summed E-state index contributed by atoms with van der Waals surface area (Å²) >= 11 is 0. The van der Waals surface area contributed by atoms with Gasteiger partial charge in [0.15, 0.2) is 0 Å². The van der Waals surface area contributed by atoms with Crippen molar-refractivity contribution in [3.63, 3.8) is 0 Å². The first kappa shape index (κ1) is 11.0. The predicted molar refractivity (Wildman–Crippen MR) is 52.8 cm³/mol. The van der Waals surface area contributed by atoms with E-state index >= 15 is 0 Å². The summed E-state index contributed by atoms with van der Waals surface area (Å²) in [5, 5.41) is 0. The van der Waals surface area contributed by atoms with Crippen LogP contribution < -0.4 is 0 Å². The van der Waals surface area contributed by atoms with Crippen LogP contribution in [0.4, 0.5) is 0 Å². The van der Waals surface area contributed by atoms with Gasteiger partial charge in [-0.25, -0.2) is 4.79 Å². The van der Waals surface area contributed by atoms with Crippen molar-refractivity contribution in [2.24, 2.45) is 0 Å². The topological polar surface area (TPSA) is 38.8 Å². The fourth-order valence-corrected chi connectivity index (χ4v) is 1.43. The van der Waals surface area contributed by atoms with E-state index in [-0.39, 0.29) is 5.97 Å². The summed E-state index contributed by atoms with van der Waals surface area (Å²) in [6.07, 6.45) is 5.68. The molecule has 1 fully saturated rings. The number of likely N-dealkylation sites (N-methyl/N-ethyl adjacent to an activating group) is 1. The Morgan fingerprint density at radius 3 is 3.07 bits per heavy atom. The van der Waals surface area contributed by atoms with Crippen molar-refractivity contribution in [3.05, 3.63) is 12.3 Å². The Morgan fingerprint density at radius 2 is 2.50 bits per heavy atom. The summed E-state index contributed by atoms with van der Waals surface area (Å²) in [6.45, 7) is 1.69. The molecule has 1 aliphatic heterocycles. The summed E-state index contributed by atoms with van der Waals surface area (Å²) in [7, 11) is 3.29. The lowest BCUT2D eigenvalue weighted by atomic mass is 10.2. The Hall–Kier alpha value is -1.03. The average Bonchev–Trinajstić information content (AvgIpc) is 2.66. The highest BCUT2D eigenvalue weighted by molar-refractivity contribution is 5.81. The molecule has 1 rings (SSSR count). The molecule has 1 unspecified atom stereocenters. The highest BCUT2D eigenvalue weighted by atomic mass is 16.5. The molecule has 14 heavy (non-hydrogen) atoms. The molecular weight excluding hydrogens is 182 g/mol. The van der Waals surface area contributed by atoms with Crippen molar-refractivity contribution in [2.75, 3.05) is 27.3 Å². The van der Waals surface area contributed by atoms with E-state index < -0.39 is 0 Å². The molecule has 1 aliphatic rings. The number of rotatable bonds is 4. The zero-order valence-electron chi connectivity index (χ0n) is 8.73. The van der Waals surface area contributed by atoms with Crippen molar-refractivity contribution in [3.8, 4) is 0 Å². The van der Waals surface area contributed by atoms with Crippen LogP contribution in [-0.2, 0) is 14.3 Å². The van der Waals surface area contributed by atoms with Crippen LogP contribution in [0.3, 0.4) is 0 Å². The molecule has 0 aromatic rings. The number of hydrogen-bond acceptors (Lipinski definition) is 4. The van der Waals surface area contributed by atoms with Gasteiger partial charge in [0.2, 0.25) is 0 Å². The molecule has 0 amide bonds. The molecular formula is C10H17NO3. The van der Waals surface area contributed by atoms with E-state index in [4.69, 9.17) is 4.74 Å². The Labute approximate surface area is 84.5 Å². The highest BCUT2D eigenvalue weighted by Crippen LogP contribution is 2.12. The van der Waals surface area contributed by atoms with Gasteiger partial charge in [-0.15, -0.1) is 0 Å². The molecule has 0 bridgehead atoms. The molecule has 0 aromatic carbocycles. The van der Waals surface area contributed by atoms with Crippen molar-refractivity contribution in [1.82, 2.24) is 4.90 Å². The van der Waals surface area contributed by atoms with Crippen molar-refractivity contribution in [2.45, 2.75) is 18.9 Å². The first-order valence-corrected chi connectivity index (χ1v) is 4.80. The molecule has 1 atom stereocenters. The molecule has 0 spiro atoms. The van der Waals surface area contributed by atoms with Gasteiger partial charge in [0.1, 0.15) is 0 Å². The minimum atomic E-state index is -0.329. The van der Waals surface area contributed by atoms with E-state index in [1.54, 1.807) is 6.20 Å². The summed E-state index contributed by atoms with van der Waals surface area (Å²) in [5.41, 5.74) is 0. The number of hydrogen-bond donors (Lipinski definition) is 0. The Bertz CT molecular complexity index is 209. The second kappa shape index (κ2) is 5.65. The van der Waals surface area contributed by atoms with Crippen LogP contribution in [0.15, 0.2) is 12.3 Å². The number of ether oxygens (including phenoxy) is 2. The van der Waals surface area contributed by atoms with Crippen molar-refractivity contribution in [1.29, 1.82) is 0 Å². The summed E-state index contributed by atoms with van der Waals surface area (Å²) in [6, 6.07) is 0. The second-order valence-corrected chi connectivity index (χ2v) is 3.41. The third kappa shape index (κ3) is 3.79. The van der Waals surface area contributed by atoms with Gasteiger partial charge < -0.3 is 14.4 Å². The average molecular weight is 199 g/mol. The van der Waals surface area contributed by atoms with E-state index in [0.29, 0.717) is 6.10 Å². The Morgan fingerprint density at radius 1 is 1.71 bits per heavy atom. The van der Waals surface area contributed by atoms with Crippen LogP contribution in [-0.4, -0.2) is 44.3 Å². The van der Waals surface area contributed by atoms with E-state index in [1.165, 1.54) is 13.2 Å². The molecule has 4 heteroatoms. The van der Waals surface area contributed by atoms with E-state index in [0.717, 1.165) is 26.0 Å². The maximum Gasteiger partial charge on any atom is 0.331 e. The Kier molecular flexibility index (Phi) is 4.46. The van der Waals surface area contributed by atoms with Gasteiger partial charge >= 0.3 is 5.97 Å². The number of methoxy groups -OCH3 is 1. The molecule has 1 heterocycles. The maximum atomic E-state index is 10.8. The molecule has 1 saturated heterocycles. The highest BCUT2D eigenvalue weighted by Gasteiger charge is 2.15. The minimum absolute atomic E-state index is 0.308. The van der Waals surface area contributed by atoms with E-state index in [2.05, 4.69) is 4.74 Å². The quantitative estimate of drug-likeness (QED) is 0.495. The lowest BCUT2D eigenvalue weighted by Crippen LogP contribution is -2.24. The van der Waals surface area contributed by atoms with E-state index in [1.807, 2.05) is 11.9 Å². The van der Waals surface area contributed by atoms with Crippen molar-refractivity contribution >= 4 is 5.97 Å². The summed E-state index contributed by atoms with van der Waals surface area (Å²) in [5.74, 6) is -0.329. The SMILES string of the molecule is COC(=O)C=CN(C)CC1CCCO1. The van der Waals surface area contributed by atoms with Gasteiger partial charge in [-0.3, -0.25) is 0 Å². The number of esters is 1. The van der Waals surface area contributed by atoms with Gasteiger partial charge in [-0.2, -0.15) is 0 Å². The third-order valence-electron chi connectivity index (χ3n) is 2.18. The van der Waals surface area contributed by atoms with Gasteiger partial charge in [0.05, 0.1) is 13.2 Å². The lowest BCUT2D eigenvalue weighted by Gasteiger charge is -2.17. The molecule has 0 saturated carbocycles.